The Labute approximate surface area is 89.1 Å². The summed E-state index contributed by atoms with van der Waals surface area (Å²) in [6.07, 6.45) is 0.275. The van der Waals surface area contributed by atoms with Crippen molar-refractivity contribution in [2.24, 2.45) is 5.92 Å². The molecule has 0 N–H and O–H groups in total. The highest BCUT2D eigenvalue weighted by Gasteiger charge is 2.24. The second kappa shape index (κ2) is 6.60. The van der Waals surface area contributed by atoms with Crippen LogP contribution < -0.4 is 0 Å². The lowest BCUT2D eigenvalue weighted by atomic mass is 9.97. The second-order valence-corrected chi connectivity index (χ2v) is 3.27. The Morgan fingerprint density at radius 3 is 2.43 bits per heavy atom. The molecule has 0 aromatic carbocycles. The molecule has 14 heavy (non-hydrogen) atoms. The summed E-state index contributed by atoms with van der Waals surface area (Å²) in [6, 6.07) is 0. The molecule has 0 aliphatic carbocycles. The molecular weight excluding hydrogens is 204 g/mol. The van der Waals surface area contributed by atoms with Crippen molar-refractivity contribution in [3.8, 4) is 0 Å². The Hall–Kier alpha value is -0.830. The molecule has 0 bridgehead atoms. The molecule has 80 valence electrons. The Morgan fingerprint density at radius 2 is 2.07 bits per heavy atom. The minimum absolute atomic E-state index is 0.213. The first-order valence-electron chi connectivity index (χ1n) is 4.42. The van der Waals surface area contributed by atoms with Gasteiger partial charge in [0.1, 0.15) is 11.7 Å². The minimum atomic E-state index is -0.749. The number of alkyl halides is 1. The molecule has 0 aliphatic heterocycles. The third kappa shape index (κ3) is 4.42. The maximum absolute atomic E-state index is 11.3. The molecule has 1 unspecified atom stereocenters. The zero-order valence-electron chi connectivity index (χ0n) is 8.51. The maximum atomic E-state index is 11.3. The topological polar surface area (TPSA) is 43.4 Å². The first-order valence-corrected chi connectivity index (χ1v) is 4.96. The smallest absolute Gasteiger partial charge is 0.316 e. The van der Waals surface area contributed by atoms with E-state index in [9.17, 15) is 9.59 Å². The van der Waals surface area contributed by atoms with E-state index in [0.717, 1.165) is 0 Å². The fourth-order valence-electron chi connectivity index (χ4n) is 0.979. The number of allylic oxidation sites excluding steroid dienone is 1. The third-order valence-corrected chi connectivity index (χ3v) is 2.12. The molecule has 0 saturated carbocycles. The number of rotatable bonds is 6. The van der Waals surface area contributed by atoms with Crippen molar-refractivity contribution in [2.45, 2.75) is 20.3 Å². The molecule has 4 heteroatoms. The van der Waals surface area contributed by atoms with Crippen molar-refractivity contribution >= 4 is 23.4 Å². The molecule has 3 nitrogen and oxygen atoms in total. The molecular formula is C10H15ClO3. The van der Waals surface area contributed by atoms with Crippen molar-refractivity contribution in [3.05, 3.63) is 12.2 Å². The fraction of sp³-hybridized carbons (Fsp3) is 0.600. The first-order chi connectivity index (χ1) is 6.52. The lowest BCUT2D eigenvalue weighted by Gasteiger charge is -2.12. The van der Waals surface area contributed by atoms with Gasteiger partial charge in [0.15, 0.2) is 0 Å². The summed E-state index contributed by atoms with van der Waals surface area (Å²) < 4.78 is 4.77. The Bertz CT molecular complexity index is 236. The number of ketones is 1. The molecule has 0 rings (SSSR count). The van der Waals surface area contributed by atoms with Crippen LogP contribution in [0.4, 0.5) is 0 Å². The van der Waals surface area contributed by atoms with Gasteiger partial charge in [0.25, 0.3) is 0 Å². The number of halogens is 1. The van der Waals surface area contributed by atoms with Crippen molar-refractivity contribution in [3.63, 3.8) is 0 Å². The number of Topliss-reactive ketones (excluding diaryl/α,β-unsaturated/α-hetero) is 1. The quantitative estimate of drug-likeness (QED) is 0.296. The van der Waals surface area contributed by atoms with Crippen molar-refractivity contribution < 1.29 is 14.3 Å². The van der Waals surface area contributed by atoms with Crippen LogP contribution in [0.25, 0.3) is 0 Å². The van der Waals surface area contributed by atoms with Gasteiger partial charge in [-0.2, -0.15) is 0 Å². The number of hydrogen-bond donors (Lipinski definition) is 0. The van der Waals surface area contributed by atoms with E-state index >= 15 is 0 Å². The zero-order valence-corrected chi connectivity index (χ0v) is 9.26. The van der Waals surface area contributed by atoms with Crippen LogP contribution in [0.1, 0.15) is 20.3 Å². The van der Waals surface area contributed by atoms with Gasteiger partial charge in [0.2, 0.25) is 0 Å². The van der Waals surface area contributed by atoms with Gasteiger partial charge in [0, 0.05) is 5.88 Å². The molecule has 0 aromatic rings. The Kier molecular flexibility index (Phi) is 6.21. The van der Waals surface area contributed by atoms with E-state index in [1.165, 1.54) is 6.92 Å². The van der Waals surface area contributed by atoms with Crippen LogP contribution in [0, 0.1) is 5.92 Å². The standard InChI is InChI=1S/C10H15ClO3/c1-4-14-10(13)9(8(3)12)5-7(2)6-11/h9H,2,4-6H2,1,3H3. The highest BCUT2D eigenvalue weighted by Crippen LogP contribution is 2.14. The molecule has 0 saturated heterocycles. The predicted molar refractivity (Wildman–Crippen MR) is 55.3 cm³/mol. The zero-order chi connectivity index (χ0) is 11.1. The summed E-state index contributed by atoms with van der Waals surface area (Å²) in [4.78, 5) is 22.4. The summed E-state index contributed by atoms with van der Waals surface area (Å²) in [6.45, 7) is 6.98. The fourth-order valence-corrected chi connectivity index (χ4v) is 1.09. The molecule has 0 spiro atoms. The van der Waals surface area contributed by atoms with E-state index in [-0.39, 0.29) is 24.7 Å². The highest BCUT2D eigenvalue weighted by molar-refractivity contribution is 6.19. The van der Waals surface area contributed by atoms with Crippen molar-refractivity contribution in [2.75, 3.05) is 12.5 Å². The van der Waals surface area contributed by atoms with Crippen molar-refractivity contribution in [1.82, 2.24) is 0 Å². The second-order valence-electron chi connectivity index (χ2n) is 3.00. The van der Waals surface area contributed by atoms with Gasteiger partial charge in [0.05, 0.1) is 6.61 Å². The molecule has 0 heterocycles. The Balaban J connectivity index is 4.36. The van der Waals surface area contributed by atoms with Gasteiger partial charge in [-0.15, -0.1) is 11.6 Å². The summed E-state index contributed by atoms with van der Waals surface area (Å²) in [5.74, 6) is -1.20. The number of carbonyl (C=O) groups is 2. The van der Waals surface area contributed by atoms with Crippen LogP contribution in [-0.2, 0) is 14.3 Å². The van der Waals surface area contributed by atoms with E-state index in [2.05, 4.69) is 6.58 Å². The predicted octanol–water partition coefficient (Wildman–Crippen LogP) is 1.94. The van der Waals surface area contributed by atoms with Gasteiger partial charge < -0.3 is 4.74 Å². The monoisotopic (exact) mass is 218 g/mol. The van der Waals surface area contributed by atoms with E-state index in [0.29, 0.717) is 5.57 Å². The van der Waals surface area contributed by atoms with Gasteiger partial charge in [-0.05, 0) is 20.3 Å². The van der Waals surface area contributed by atoms with Crippen LogP contribution in [0.5, 0.6) is 0 Å². The minimum Gasteiger partial charge on any atom is -0.465 e. The summed E-state index contributed by atoms with van der Waals surface area (Å²) in [7, 11) is 0. The number of hydrogen-bond acceptors (Lipinski definition) is 3. The first kappa shape index (κ1) is 13.2. The van der Waals surface area contributed by atoms with Gasteiger partial charge in [-0.25, -0.2) is 0 Å². The summed E-state index contributed by atoms with van der Waals surface area (Å²) >= 11 is 5.52. The number of esters is 1. The van der Waals surface area contributed by atoms with Crippen molar-refractivity contribution in [1.29, 1.82) is 0 Å². The molecule has 0 aromatic heterocycles. The van der Waals surface area contributed by atoms with Crippen LogP contribution in [0.3, 0.4) is 0 Å². The number of carbonyl (C=O) groups excluding carboxylic acids is 2. The van der Waals surface area contributed by atoms with Gasteiger partial charge in [-0.1, -0.05) is 12.2 Å². The molecule has 0 aliphatic rings. The van der Waals surface area contributed by atoms with E-state index in [1.807, 2.05) is 0 Å². The average Bonchev–Trinajstić information content (AvgIpc) is 2.13. The molecule has 0 fully saturated rings. The highest BCUT2D eigenvalue weighted by atomic mass is 35.5. The summed E-state index contributed by atoms with van der Waals surface area (Å²) in [5.41, 5.74) is 0.667. The van der Waals surface area contributed by atoms with E-state index in [1.54, 1.807) is 6.92 Å². The number of ether oxygens (including phenoxy) is 1. The van der Waals surface area contributed by atoms with Crippen LogP contribution >= 0.6 is 11.6 Å². The Morgan fingerprint density at radius 1 is 1.50 bits per heavy atom. The average molecular weight is 219 g/mol. The maximum Gasteiger partial charge on any atom is 0.316 e. The normalized spacial score (nSPS) is 11.9. The van der Waals surface area contributed by atoms with Gasteiger partial charge in [-0.3, -0.25) is 9.59 Å². The third-order valence-electron chi connectivity index (χ3n) is 1.74. The lowest BCUT2D eigenvalue weighted by Crippen LogP contribution is -2.25. The van der Waals surface area contributed by atoms with Gasteiger partial charge >= 0.3 is 5.97 Å². The van der Waals surface area contributed by atoms with E-state index in [4.69, 9.17) is 16.3 Å². The lowest BCUT2D eigenvalue weighted by molar-refractivity contribution is -0.151. The molecule has 0 amide bonds. The van der Waals surface area contributed by atoms with Crippen LogP contribution in [-0.4, -0.2) is 24.2 Å². The largest absolute Gasteiger partial charge is 0.465 e. The SMILES string of the molecule is C=C(CCl)CC(C(C)=O)C(=O)OCC. The van der Waals surface area contributed by atoms with E-state index < -0.39 is 11.9 Å². The molecule has 0 radical (unpaired) electrons. The molecule has 1 atom stereocenters. The van der Waals surface area contributed by atoms with Crippen LogP contribution in [0.2, 0.25) is 0 Å². The summed E-state index contributed by atoms with van der Waals surface area (Å²) in [5, 5.41) is 0. The van der Waals surface area contributed by atoms with Crippen LogP contribution in [0.15, 0.2) is 12.2 Å².